The number of anilines is 1. The quantitative estimate of drug-likeness (QED) is 0.346. The van der Waals surface area contributed by atoms with Crippen LogP contribution in [0, 0.1) is 6.92 Å². The van der Waals surface area contributed by atoms with Gasteiger partial charge in [0.2, 0.25) is 5.95 Å². The summed E-state index contributed by atoms with van der Waals surface area (Å²) in [4.78, 5) is 16.0. The molecule has 7 nitrogen and oxygen atoms in total. The summed E-state index contributed by atoms with van der Waals surface area (Å²) >= 11 is 0. The van der Waals surface area contributed by atoms with Gasteiger partial charge >= 0.3 is 6.61 Å². The Balaban J connectivity index is 0.00000304. The molecule has 1 saturated heterocycles. The maximum atomic E-state index is 12.9. The Hall–Kier alpha value is -2.59. The fourth-order valence-corrected chi connectivity index (χ4v) is 4.56. The molecule has 0 N–H and O–H groups in total. The van der Waals surface area contributed by atoms with E-state index in [4.69, 9.17) is 9.47 Å². The van der Waals surface area contributed by atoms with E-state index >= 15 is 0 Å². The van der Waals surface area contributed by atoms with Gasteiger partial charge in [0.15, 0.2) is 0 Å². The zero-order chi connectivity index (χ0) is 24.4. The number of pyridine rings is 1. The molecule has 0 aliphatic carbocycles. The summed E-state index contributed by atoms with van der Waals surface area (Å²) in [5, 5.41) is 0. The van der Waals surface area contributed by atoms with E-state index < -0.39 is 6.61 Å². The Kier molecular flexibility index (Phi) is 8.56. The first-order valence-electron chi connectivity index (χ1n) is 11.6. The first-order chi connectivity index (χ1) is 17.0. The number of para-hydroxylation sites is 1. The normalized spacial score (nSPS) is 14.3. The van der Waals surface area contributed by atoms with Crippen LogP contribution >= 0.6 is 0 Å². The summed E-state index contributed by atoms with van der Waals surface area (Å²) in [7, 11) is 1.76. The molecule has 0 spiro atoms. The fraction of sp³-hybridized carbons (Fsp3) is 0.346. The van der Waals surface area contributed by atoms with Crippen molar-refractivity contribution in [1.29, 1.82) is 0 Å². The molecule has 1 fully saturated rings. The van der Waals surface area contributed by atoms with Crippen LogP contribution in [0.25, 0.3) is 16.8 Å². The molecule has 1 aliphatic heterocycles. The molecule has 0 atom stereocenters. The average molecular weight is 503 g/mol. The van der Waals surface area contributed by atoms with Gasteiger partial charge in [0.05, 0.1) is 11.8 Å². The van der Waals surface area contributed by atoms with Gasteiger partial charge in [0.1, 0.15) is 11.4 Å². The number of methoxy groups -OCH3 is 1. The van der Waals surface area contributed by atoms with E-state index in [1.807, 2.05) is 48.1 Å². The third-order valence-electron chi connectivity index (χ3n) is 6.49. The third-order valence-corrected chi connectivity index (χ3v) is 6.49. The molecule has 3 aromatic heterocycles. The number of hydrogen-bond donors (Lipinski definition) is 0. The van der Waals surface area contributed by atoms with Crippen molar-refractivity contribution < 1.29 is 18.3 Å². The maximum absolute atomic E-state index is 12.9. The molecule has 4 aromatic rings. The van der Waals surface area contributed by atoms with Gasteiger partial charge in [-0.05, 0) is 38.0 Å². The molecular weight excluding hydrogens is 475 g/mol. The van der Waals surface area contributed by atoms with Crippen molar-refractivity contribution in [3.8, 4) is 16.9 Å². The molecule has 1 aliphatic rings. The van der Waals surface area contributed by atoms with E-state index in [0.717, 1.165) is 60.0 Å². The SMILES string of the molecule is COC1CCN(c2ncc(-c3ccc4nc(C)c(Cc5ccccc5OC(F)F)n4c3)cn2)CC1.[Na]. The first kappa shape index (κ1) is 26.5. The monoisotopic (exact) mass is 502 g/mol. The number of piperidine rings is 1. The molecule has 1 radical (unpaired) electrons. The number of halogens is 2. The van der Waals surface area contributed by atoms with Gasteiger partial charge in [-0.15, -0.1) is 0 Å². The summed E-state index contributed by atoms with van der Waals surface area (Å²) in [6, 6.07) is 10.8. The standard InChI is InChI=1S/C26H27F2N5O2.Na/c1-17-22(13-18-5-3-4-6-23(18)35-25(27)28)33-16-19(7-8-24(33)31-17)20-14-29-26(30-15-20)32-11-9-21(34-2)10-12-32;/h3-8,14-16,21,25H,9-13H2,1-2H3;. The Morgan fingerprint density at radius 2 is 1.75 bits per heavy atom. The average Bonchev–Trinajstić information content (AvgIpc) is 3.19. The van der Waals surface area contributed by atoms with E-state index in [9.17, 15) is 8.78 Å². The predicted octanol–water partition coefficient (Wildman–Crippen LogP) is 4.53. The van der Waals surface area contributed by atoms with Gasteiger partial charge in [-0.25, -0.2) is 15.0 Å². The van der Waals surface area contributed by atoms with Crippen LogP contribution in [0.5, 0.6) is 5.75 Å². The second-order valence-electron chi connectivity index (χ2n) is 8.65. The number of nitrogens with zero attached hydrogens (tertiary/aromatic N) is 5. The van der Waals surface area contributed by atoms with Crippen LogP contribution in [0.4, 0.5) is 14.7 Å². The Labute approximate surface area is 230 Å². The zero-order valence-corrected chi connectivity index (χ0v) is 22.7. The van der Waals surface area contributed by atoms with E-state index in [1.165, 1.54) is 0 Å². The van der Waals surface area contributed by atoms with Crippen molar-refractivity contribution in [2.24, 2.45) is 0 Å². The van der Waals surface area contributed by atoms with Crippen molar-refractivity contribution in [3.05, 3.63) is 71.9 Å². The molecule has 0 unspecified atom stereocenters. The van der Waals surface area contributed by atoms with Gasteiger partial charge in [0.25, 0.3) is 0 Å². The minimum absolute atomic E-state index is 0. The van der Waals surface area contributed by atoms with Crippen molar-refractivity contribution in [1.82, 2.24) is 19.4 Å². The van der Waals surface area contributed by atoms with E-state index in [0.29, 0.717) is 18.1 Å². The van der Waals surface area contributed by atoms with Gasteiger partial charge in [0, 0.05) is 97.2 Å². The fourth-order valence-electron chi connectivity index (χ4n) is 4.56. The summed E-state index contributed by atoms with van der Waals surface area (Å²) in [6.45, 7) is 0.792. The Morgan fingerprint density at radius 1 is 1.03 bits per heavy atom. The zero-order valence-electron chi connectivity index (χ0n) is 20.7. The summed E-state index contributed by atoms with van der Waals surface area (Å²) in [6.07, 6.45) is 8.30. The number of ether oxygens (including phenoxy) is 2. The van der Waals surface area contributed by atoms with Crippen LogP contribution in [0.1, 0.15) is 29.8 Å². The molecule has 183 valence electrons. The minimum atomic E-state index is -2.87. The first-order valence-corrected chi connectivity index (χ1v) is 11.6. The van der Waals surface area contributed by atoms with Gasteiger partial charge in [-0.2, -0.15) is 8.78 Å². The van der Waals surface area contributed by atoms with Gasteiger partial charge < -0.3 is 18.8 Å². The van der Waals surface area contributed by atoms with Gasteiger partial charge in [-0.1, -0.05) is 18.2 Å². The number of alkyl halides is 2. The van der Waals surface area contributed by atoms with Crippen LogP contribution in [-0.4, -0.2) is 81.8 Å². The molecule has 0 amide bonds. The smallest absolute Gasteiger partial charge is 0.387 e. The van der Waals surface area contributed by atoms with Crippen LogP contribution in [0.2, 0.25) is 0 Å². The van der Waals surface area contributed by atoms with E-state index in [-0.39, 0.29) is 35.3 Å². The van der Waals surface area contributed by atoms with Crippen molar-refractivity contribution in [2.75, 3.05) is 25.1 Å². The molecular formula is C26H27F2N5NaO2. The van der Waals surface area contributed by atoms with Crippen molar-refractivity contribution >= 4 is 41.2 Å². The number of aryl methyl sites for hydroxylation is 1. The van der Waals surface area contributed by atoms with Crippen molar-refractivity contribution in [3.63, 3.8) is 0 Å². The van der Waals surface area contributed by atoms with Crippen LogP contribution < -0.4 is 9.64 Å². The number of imidazole rings is 1. The number of aromatic nitrogens is 4. The molecule has 1 aromatic carbocycles. The maximum Gasteiger partial charge on any atom is 0.387 e. The molecule has 5 rings (SSSR count). The molecule has 10 heteroatoms. The number of benzene rings is 1. The molecule has 36 heavy (non-hydrogen) atoms. The van der Waals surface area contributed by atoms with Crippen LogP contribution in [0.3, 0.4) is 0 Å². The van der Waals surface area contributed by atoms with E-state index in [1.54, 1.807) is 25.3 Å². The molecule has 4 heterocycles. The van der Waals surface area contributed by atoms with E-state index in [2.05, 4.69) is 19.9 Å². The number of rotatable bonds is 7. The number of hydrogen-bond acceptors (Lipinski definition) is 6. The second kappa shape index (κ2) is 11.6. The predicted molar refractivity (Wildman–Crippen MR) is 135 cm³/mol. The number of fused-ring (bicyclic) bond motifs is 1. The topological polar surface area (TPSA) is 64.8 Å². The second-order valence-corrected chi connectivity index (χ2v) is 8.65. The van der Waals surface area contributed by atoms with Gasteiger partial charge in [-0.3, -0.25) is 0 Å². The third kappa shape index (κ3) is 5.70. The van der Waals surface area contributed by atoms with Crippen LogP contribution in [-0.2, 0) is 11.2 Å². The summed E-state index contributed by atoms with van der Waals surface area (Å²) in [5.74, 6) is 0.894. The molecule has 0 bridgehead atoms. The Morgan fingerprint density at radius 3 is 2.44 bits per heavy atom. The largest absolute Gasteiger partial charge is 0.435 e. The van der Waals surface area contributed by atoms with Crippen LogP contribution in [0.15, 0.2) is 55.0 Å². The minimum Gasteiger partial charge on any atom is -0.435 e. The van der Waals surface area contributed by atoms with Crippen molar-refractivity contribution in [2.45, 2.75) is 38.9 Å². The Bertz CT molecular complexity index is 1310. The molecule has 0 saturated carbocycles. The summed E-state index contributed by atoms with van der Waals surface area (Å²) in [5.41, 5.74) is 5.03. The summed E-state index contributed by atoms with van der Waals surface area (Å²) < 4.78 is 37.9.